The molecule has 0 aliphatic carbocycles. The molecule has 0 bridgehead atoms. The van der Waals surface area contributed by atoms with Gasteiger partial charge in [-0.1, -0.05) is 13.8 Å². The Morgan fingerprint density at radius 2 is 1.79 bits per heavy atom. The molecule has 0 aromatic heterocycles. The summed E-state index contributed by atoms with van der Waals surface area (Å²) in [6.45, 7) is 14.3. The predicted molar refractivity (Wildman–Crippen MR) is 62.5 cm³/mol. The first kappa shape index (κ1) is 12.0. The number of rotatable bonds is 5. The maximum atomic E-state index is 2.55. The average Bonchev–Trinajstić information content (AvgIpc) is 1.93. The quantitative estimate of drug-likeness (QED) is 0.666. The highest BCUT2D eigenvalue weighted by atomic mass is 15.2. The van der Waals surface area contributed by atoms with E-state index in [1.165, 1.54) is 26.2 Å². The van der Waals surface area contributed by atoms with Gasteiger partial charge in [0.05, 0.1) is 0 Å². The molecule has 0 aromatic carbocycles. The lowest BCUT2D eigenvalue weighted by Gasteiger charge is -2.43. The lowest BCUT2D eigenvalue weighted by atomic mass is 9.97. The summed E-state index contributed by atoms with van der Waals surface area (Å²) in [6.07, 6.45) is 0. The molecule has 0 amide bonds. The van der Waals surface area contributed by atoms with Crippen LogP contribution in [0.25, 0.3) is 0 Å². The van der Waals surface area contributed by atoms with Gasteiger partial charge in [-0.3, -0.25) is 0 Å². The Morgan fingerprint density at radius 3 is 2.21 bits per heavy atom. The molecule has 0 spiro atoms. The first-order chi connectivity index (χ1) is 6.49. The van der Waals surface area contributed by atoms with Crippen LogP contribution in [0, 0.1) is 11.8 Å². The van der Waals surface area contributed by atoms with Gasteiger partial charge < -0.3 is 9.80 Å². The Bertz CT molecular complexity index is 160. The van der Waals surface area contributed by atoms with E-state index >= 15 is 0 Å². The van der Waals surface area contributed by atoms with Crippen LogP contribution in [0.4, 0.5) is 0 Å². The largest absolute Gasteiger partial charge is 0.306 e. The Labute approximate surface area is 89.3 Å². The zero-order chi connectivity index (χ0) is 10.7. The third-order valence-electron chi connectivity index (χ3n) is 2.96. The van der Waals surface area contributed by atoms with Gasteiger partial charge in [0.1, 0.15) is 0 Å². The molecular weight excluding hydrogens is 172 g/mol. The van der Waals surface area contributed by atoms with Crippen LogP contribution in [0.1, 0.15) is 27.7 Å². The standard InChI is InChI=1S/C12H26N2/c1-10(2)6-13(5)7-12-8-14(9-12)11(3)4/h10-12H,6-9H2,1-5H3. The maximum Gasteiger partial charge on any atom is 0.00388 e. The molecule has 1 aliphatic rings. The van der Waals surface area contributed by atoms with E-state index in [1.54, 1.807) is 0 Å². The van der Waals surface area contributed by atoms with Crippen molar-refractivity contribution in [1.29, 1.82) is 0 Å². The fraction of sp³-hybridized carbons (Fsp3) is 1.00. The van der Waals surface area contributed by atoms with Gasteiger partial charge in [-0.2, -0.15) is 0 Å². The lowest BCUT2D eigenvalue weighted by Crippen LogP contribution is -2.53. The summed E-state index contributed by atoms with van der Waals surface area (Å²) in [5.41, 5.74) is 0. The first-order valence-corrected chi connectivity index (χ1v) is 5.91. The molecule has 14 heavy (non-hydrogen) atoms. The van der Waals surface area contributed by atoms with Crippen molar-refractivity contribution in [2.75, 3.05) is 33.2 Å². The molecule has 1 fully saturated rings. The zero-order valence-electron chi connectivity index (χ0n) is 10.5. The molecule has 0 saturated carbocycles. The predicted octanol–water partition coefficient (Wildman–Crippen LogP) is 1.91. The summed E-state index contributed by atoms with van der Waals surface area (Å²) >= 11 is 0. The monoisotopic (exact) mass is 198 g/mol. The summed E-state index contributed by atoms with van der Waals surface area (Å²) in [5, 5.41) is 0. The van der Waals surface area contributed by atoms with E-state index in [1.807, 2.05) is 0 Å². The molecular formula is C12H26N2. The fourth-order valence-corrected chi connectivity index (χ4v) is 2.29. The van der Waals surface area contributed by atoms with Gasteiger partial charge in [0.2, 0.25) is 0 Å². The van der Waals surface area contributed by atoms with Gasteiger partial charge in [-0.15, -0.1) is 0 Å². The van der Waals surface area contributed by atoms with Crippen LogP contribution in [-0.4, -0.2) is 49.1 Å². The first-order valence-electron chi connectivity index (χ1n) is 5.91. The van der Waals surface area contributed by atoms with E-state index in [9.17, 15) is 0 Å². The molecule has 0 aromatic rings. The second kappa shape index (κ2) is 5.13. The van der Waals surface area contributed by atoms with Gasteiger partial charge in [0, 0.05) is 32.2 Å². The van der Waals surface area contributed by atoms with Crippen molar-refractivity contribution >= 4 is 0 Å². The highest BCUT2D eigenvalue weighted by Crippen LogP contribution is 2.19. The van der Waals surface area contributed by atoms with Gasteiger partial charge in [0.15, 0.2) is 0 Å². The van der Waals surface area contributed by atoms with E-state index in [2.05, 4.69) is 44.5 Å². The lowest BCUT2D eigenvalue weighted by molar-refractivity contribution is 0.0457. The Morgan fingerprint density at radius 1 is 1.21 bits per heavy atom. The maximum absolute atomic E-state index is 2.55. The second-order valence-electron chi connectivity index (χ2n) is 5.53. The van der Waals surface area contributed by atoms with Crippen molar-refractivity contribution in [3.8, 4) is 0 Å². The Balaban J connectivity index is 2.10. The van der Waals surface area contributed by atoms with Crippen molar-refractivity contribution < 1.29 is 0 Å². The van der Waals surface area contributed by atoms with E-state index in [-0.39, 0.29) is 0 Å². The molecule has 2 nitrogen and oxygen atoms in total. The van der Waals surface area contributed by atoms with Crippen molar-refractivity contribution in [3.05, 3.63) is 0 Å². The molecule has 1 rings (SSSR count). The highest BCUT2D eigenvalue weighted by Gasteiger charge is 2.28. The summed E-state index contributed by atoms with van der Waals surface area (Å²) in [4.78, 5) is 5.03. The molecule has 2 heteroatoms. The van der Waals surface area contributed by atoms with Crippen LogP contribution in [0.5, 0.6) is 0 Å². The van der Waals surface area contributed by atoms with E-state index in [4.69, 9.17) is 0 Å². The van der Waals surface area contributed by atoms with Crippen molar-refractivity contribution in [2.45, 2.75) is 33.7 Å². The molecule has 1 aliphatic heterocycles. The van der Waals surface area contributed by atoms with E-state index in [0.717, 1.165) is 17.9 Å². The summed E-state index contributed by atoms with van der Waals surface area (Å²) in [6, 6.07) is 0.738. The molecule has 84 valence electrons. The van der Waals surface area contributed by atoms with Crippen LogP contribution < -0.4 is 0 Å². The molecule has 0 atom stereocenters. The molecule has 0 unspecified atom stereocenters. The topological polar surface area (TPSA) is 6.48 Å². The zero-order valence-corrected chi connectivity index (χ0v) is 10.5. The van der Waals surface area contributed by atoms with Gasteiger partial charge in [0.25, 0.3) is 0 Å². The van der Waals surface area contributed by atoms with Crippen LogP contribution in [0.3, 0.4) is 0 Å². The number of nitrogens with zero attached hydrogens (tertiary/aromatic N) is 2. The van der Waals surface area contributed by atoms with Gasteiger partial charge >= 0.3 is 0 Å². The molecule has 1 saturated heterocycles. The third-order valence-corrected chi connectivity index (χ3v) is 2.96. The van der Waals surface area contributed by atoms with E-state index in [0.29, 0.717) is 0 Å². The summed E-state index contributed by atoms with van der Waals surface area (Å²) < 4.78 is 0. The molecule has 0 radical (unpaired) electrons. The van der Waals surface area contributed by atoms with Crippen molar-refractivity contribution in [1.82, 2.24) is 9.80 Å². The van der Waals surface area contributed by atoms with Crippen LogP contribution in [0.15, 0.2) is 0 Å². The summed E-state index contributed by atoms with van der Waals surface area (Å²) in [7, 11) is 2.25. The highest BCUT2D eigenvalue weighted by molar-refractivity contribution is 4.83. The minimum Gasteiger partial charge on any atom is -0.306 e. The molecule has 0 N–H and O–H groups in total. The van der Waals surface area contributed by atoms with Gasteiger partial charge in [-0.05, 0) is 32.7 Å². The molecule has 1 heterocycles. The van der Waals surface area contributed by atoms with Crippen molar-refractivity contribution in [2.24, 2.45) is 11.8 Å². The van der Waals surface area contributed by atoms with E-state index < -0.39 is 0 Å². The number of likely N-dealkylation sites (tertiary alicyclic amines) is 1. The van der Waals surface area contributed by atoms with Crippen LogP contribution >= 0.6 is 0 Å². The summed E-state index contributed by atoms with van der Waals surface area (Å²) in [5.74, 6) is 1.71. The fourth-order valence-electron chi connectivity index (χ4n) is 2.29. The SMILES string of the molecule is CC(C)CN(C)CC1CN(C(C)C)C1. The van der Waals surface area contributed by atoms with Crippen molar-refractivity contribution in [3.63, 3.8) is 0 Å². The van der Waals surface area contributed by atoms with Crippen LogP contribution in [-0.2, 0) is 0 Å². The Kier molecular flexibility index (Phi) is 4.39. The average molecular weight is 198 g/mol. The third kappa shape index (κ3) is 3.58. The number of hydrogen-bond donors (Lipinski definition) is 0. The minimum atomic E-state index is 0.738. The smallest absolute Gasteiger partial charge is 0.00388 e. The van der Waals surface area contributed by atoms with Crippen LogP contribution in [0.2, 0.25) is 0 Å². The normalized spacial score (nSPS) is 19.7. The number of hydrogen-bond acceptors (Lipinski definition) is 2. The Hall–Kier alpha value is -0.0800. The second-order valence-corrected chi connectivity index (χ2v) is 5.53. The van der Waals surface area contributed by atoms with Gasteiger partial charge in [-0.25, -0.2) is 0 Å². The minimum absolute atomic E-state index is 0.738.